The predicted octanol–water partition coefficient (Wildman–Crippen LogP) is 0.850. The van der Waals surface area contributed by atoms with Crippen molar-refractivity contribution < 1.29 is 19.4 Å². The van der Waals surface area contributed by atoms with E-state index in [0.717, 1.165) is 44.7 Å². The molecule has 0 radical (unpaired) electrons. The van der Waals surface area contributed by atoms with Crippen LogP contribution in [-0.4, -0.2) is 62.9 Å². The fourth-order valence-corrected chi connectivity index (χ4v) is 2.57. The first-order valence-corrected chi connectivity index (χ1v) is 7.07. The molecule has 0 bridgehead atoms. The van der Waals surface area contributed by atoms with Gasteiger partial charge in [-0.05, 0) is 18.6 Å². The average Bonchev–Trinajstić information content (AvgIpc) is 2.52. The van der Waals surface area contributed by atoms with Crippen molar-refractivity contribution in [1.29, 1.82) is 0 Å². The Hall–Kier alpha value is -1.79. The van der Waals surface area contributed by atoms with E-state index in [1.54, 1.807) is 13.2 Å². The van der Waals surface area contributed by atoms with Crippen LogP contribution in [0.3, 0.4) is 0 Å². The van der Waals surface area contributed by atoms with Gasteiger partial charge in [0.1, 0.15) is 0 Å². The molecule has 1 aliphatic heterocycles. The normalized spacial score (nSPS) is 15.7. The number of rotatable bonds is 6. The summed E-state index contributed by atoms with van der Waals surface area (Å²) in [4.78, 5) is 13.6. The third-order valence-corrected chi connectivity index (χ3v) is 3.71. The Kier molecular flexibility index (Phi) is 5.41. The summed E-state index contributed by atoms with van der Waals surface area (Å²) in [5.41, 5.74) is 1.09. The summed E-state index contributed by atoms with van der Waals surface area (Å²) < 4.78 is 10.6. The molecule has 6 heteroatoms. The number of nitrogens with zero attached hydrogens (tertiary/aromatic N) is 1. The molecule has 0 saturated carbocycles. The highest BCUT2D eigenvalue weighted by Gasteiger charge is 2.17. The standard InChI is InChI=1S/C15H22N2O4/c1-20-13-10-12(15(18)19)9-11(14(13)21-2)3-6-17-7-4-16-5-8-17/h9-10,16H,3-8H2,1-2H3,(H,18,19). The number of piperazine rings is 1. The van der Waals surface area contributed by atoms with E-state index in [4.69, 9.17) is 9.47 Å². The number of methoxy groups -OCH3 is 2. The highest BCUT2D eigenvalue weighted by Crippen LogP contribution is 2.33. The van der Waals surface area contributed by atoms with Crippen LogP contribution in [0.4, 0.5) is 0 Å². The number of carbonyl (C=O) groups is 1. The number of nitrogens with one attached hydrogen (secondary N) is 1. The van der Waals surface area contributed by atoms with Gasteiger partial charge in [-0.25, -0.2) is 4.79 Å². The maximum atomic E-state index is 11.2. The van der Waals surface area contributed by atoms with Gasteiger partial charge >= 0.3 is 5.97 Å². The van der Waals surface area contributed by atoms with E-state index >= 15 is 0 Å². The Morgan fingerprint density at radius 3 is 2.57 bits per heavy atom. The van der Waals surface area contributed by atoms with Gasteiger partial charge in [0.05, 0.1) is 19.8 Å². The Labute approximate surface area is 124 Å². The van der Waals surface area contributed by atoms with Crippen molar-refractivity contribution in [2.45, 2.75) is 6.42 Å². The molecule has 21 heavy (non-hydrogen) atoms. The lowest BCUT2D eigenvalue weighted by Gasteiger charge is -2.27. The number of carboxylic acid groups (broad SMARTS) is 1. The molecule has 2 rings (SSSR count). The zero-order valence-corrected chi connectivity index (χ0v) is 12.5. The zero-order chi connectivity index (χ0) is 15.2. The number of carboxylic acids is 1. The van der Waals surface area contributed by atoms with Crippen LogP contribution in [-0.2, 0) is 6.42 Å². The van der Waals surface area contributed by atoms with E-state index < -0.39 is 5.97 Å². The molecule has 1 aromatic rings. The summed E-state index contributed by atoms with van der Waals surface area (Å²) in [6, 6.07) is 3.17. The molecule has 0 amide bonds. The lowest BCUT2D eigenvalue weighted by Crippen LogP contribution is -2.44. The second-order valence-corrected chi connectivity index (χ2v) is 5.02. The Bertz CT molecular complexity index is 499. The fourth-order valence-electron chi connectivity index (χ4n) is 2.57. The Morgan fingerprint density at radius 2 is 2.00 bits per heavy atom. The Morgan fingerprint density at radius 1 is 1.29 bits per heavy atom. The number of hydrogen-bond acceptors (Lipinski definition) is 5. The van der Waals surface area contributed by atoms with Crippen LogP contribution in [0.25, 0.3) is 0 Å². The molecule has 1 aliphatic rings. The summed E-state index contributed by atoms with van der Waals surface area (Å²) in [7, 11) is 3.09. The van der Waals surface area contributed by atoms with Gasteiger partial charge in [-0.1, -0.05) is 0 Å². The van der Waals surface area contributed by atoms with Crippen LogP contribution in [0.15, 0.2) is 12.1 Å². The van der Waals surface area contributed by atoms with Crippen molar-refractivity contribution in [2.75, 3.05) is 46.9 Å². The van der Waals surface area contributed by atoms with Crippen LogP contribution in [0.1, 0.15) is 15.9 Å². The van der Waals surface area contributed by atoms with E-state index in [2.05, 4.69) is 10.2 Å². The topological polar surface area (TPSA) is 71.0 Å². The lowest BCUT2D eigenvalue weighted by molar-refractivity contribution is 0.0696. The van der Waals surface area contributed by atoms with Crippen LogP contribution in [0.5, 0.6) is 11.5 Å². The number of aromatic carboxylic acids is 1. The van der Waals surface area contributed by atoms with Crippen LogP contribution in [0, 0.1) is 0 Å². The number of ether oxygens (including phenoxy) is 2. The van der Waals surface area contributed by atoms with Crippen molar-refractivity contribution in [1.82, 2.24) is 10.2 Å². The van der Waals surface area contributed by atoms with Crippen molar-refractivity contribution >= 4 is 5.97 Å². The van der Waals surface area contributed by atoms with E-state index in [9.17, 15) is 9.90 Å². The molecule has 0 atom stereocenters. The first-order valence-electron chi connectivity index (χ1n) is 7.07. The second-order valence-electron chi connectivity index (χ2n) is 5.02. The van der Waals surface area contributed by atoms with E-state index in [-0.39, 0.29) is 5.56 Å². The summed E-state index contributed by atoms with van der Waals surface area (Å²) >= 11 is 0. The molecule has 2 N–H and O–H groups in total. The molecule has 0 aromatic heterocycles. The summed E-state index contributed by atoms with van der Waals surface area (Å²) in [6.07, 6.45) is 0.737. The molecule has 0 spiro atoms. The van der Waals surface area contributed by atoms with Gasteiger partial charge in [0.15, 0.2) is 11.5 Å². The van der Waals surface area contributed by atoms with Crippen LogP contribution < -0.4 is 14.8 Å². The maximum Gasteiger partial charge on any atom is 0.335 e. The summed E-state index contributed by atoms with van der Waals surface area (Å²) in [6.45, 7) is 4.89. The summed E-state index contributed by atoms with van der Waals surface area (Å²) in [5, 5.41) is 12.5. The predicted molar refractivity (Wildman–Crippen MR) is 79.5 cm³/mol. The van der Waals surface area contributed by atoms with E-state index in [1.807, 2.05) is 0 Å². The van der Waals surface area contributed by atoms with Gasteiger partial charge in [0, 0.05) is 38.3 Å². The molecule has 1 fully saturated rings. The average molecular weight is 294 g/mol. The maximum absolute atomic E-state index is 11.2. The lowest BCUT2D eigenvalue weighted by atomic mass is 10.0. The summed E-state index contributed by atoms with van der Waals surface area (Å²) in [5.74, 6) is 0.129. The van der Waals surface area contributed by atoms with Gasteiger partial charge < -0.3 is 24.8 Å². The van der Waals surface area contributed by atoms with Gasteiger partial charge in [0.25, 0.3) is 0 Å². The SMILES string of the molecule is COc1cc(C(=O)O)cc(CCN2CCNCC2)c1OC. The first kappa shape index (κ1) is 15.6. The second kappa shape index (κ2) is 7.28. The van der Waals surface area contributed by atoms with Crippen LogP contribution >= 0.6 is 0 Å². The van der Waals surface area contributed by atoms with Gasteiger partial charge in [-0.3, -0.25) is 0 Å². The monoisotopic (exact) mass is 294 g/mol. The van der Waals surface area contributed by atoms with Gasteiger partial charge in [-0.2, -0.15) is 0 Å². The minimum absolute atomic E-state index is 0.225. The van der Waals surface area contributed by atoms with Gasteiger partial charge in [0.2, 0.25) is 0 Å². The molecule has 6 nitrogen and oxygen atoms in total. The first-order chi connectivity index (χ1) is 10.2. The minimum Gasteiger partial charge on any atom is -0.493 e. The molecule has 0 unspecified atom stereocenters. The van der Waals surface area contributed by atoms with Crippen LogP contribution in [0.2, 0.25) is 0 Å². The third-order valence-electron chi connectivity index (χ3n) is 3.71. The molecule has 0 aliphatic carbocycles. The van der Waals surface area contributed by atoms with Crippen molar-refractivity contribution in [3.63, 3.8) is 0 Å². The highest BCUT2D eigenvalue weighted by molar-refractivity contribution is 5.89. The van der Waals surface area contributed by atoms with Crippen molar-refractivity contribution in [2.24, 2.45) is 0 Å². The molecule has 1 heterocycles. The largest absolute Gasteiger partial charge is 0.493 e. The Balaban J connectivity index is 2.18. The zero-order valence-electron chi connectivity index (χ0n) is 12.5. The molecular weight excluding hydrogens is 272 g/mol. The molecular formula is C15H22N2O4. The quantitative estimate of drug-likeness (QED) is 0.810. The van der Waals surface area contributed by atoms with E-state index in [0.29, 0.717) is 11.5 Å². The van der Waals surface area contributed by atoms with E-state index in [1.165, 1.54) is 13.2 Å². The minimum atomic E-state index is -0.959. The van der Waals surface area contributed by atoms with Crippen molar-refractivity contribution in [3.05, 3.63) is 23.3 Å². The highest BCUT2D eigenvalue weighted by atomic mass is 16.5. The van der Waals surface area contributed by atoms with Crippen molar-refractivity contribution in [3.8, 4) is 11.5 Å². The smallest absolute Gasteiger partial charge is 0.335 e. The molecule has 1 aromatic carbocycles. The fraction of sp³-hybridized carbons (Fsp3) is 0.533. The number of benzene rings is 1. The number of hydrogen-bond donors (Lipinski definition) is 2. The third kappa shape index (κ3) is 3.86. The molecule has 116 valence electrons. The van der Waals surface area contributed by atoms with Gasteiger partial charge in [-0.15, -0.1) is 0 Å². The molecule has 1 saturated heterocycles.